The minimum absolute atomic E-state index is 0.323. The van der Waals surface area contributed by atoms with Crippen molar-refractivity contribution in [1.29, 1.82) is 0 Å². The van der Waals surface area contributed by atoms with Gasteiger partial charge in [-0.25, -0.2) is 0 Å². The largest absolute Gasteiger partial charge is 0.328 e. The van der Waals surface area contributed by atoms with Gasteiger partial charge in [-0.3, -0.25) is 9.88 Å². The van der Waals surface area contributed by atoms with Crippen molar-refractivity contribution in [2.45, 2.75) is 25.9 Å². The zero-order chi connectivity index (χ0) is 10.7. The predicted octanol–water partition coefficient (Wildman–Crippen LogP) is 1.25. The van der Waals surface area contributed by atoms with Gasteiger partial charge in [0.15, 0.2) is 0 Å². The Kier molecular flexibility index (Phi) is 3.34. The Morgan fingerprint density at radius 3 is 3.13 bits per heavy atom. The first-order chi connectivity index (χ1) is 7.25. The summed E-state index contributed by atoms with van der Waals surface area (Å²) in [5.41, 5.74) is 7.21. The standard InChI is InChI=1S/C12H19N3/c1-10(13)12-4-6-15(9-12)8-11-3-2-5-14-7-11/h2-3,5,7,10,12H,4,6,8-9,13H2,1H3. The smallest absolute Gasteiger partial charge is 0.0312 e. The van der Waals surface area contributed by atoms with Crippen molar-refractivity contribution in [1.82, 2.24) is 9.88 Å². The number of hydrogen-bond acceptors (Lipinski definition) is 3. The third-order valence-corrected chi connectivity index (χ3v) is 3.18. The normalized spacial score (nSPS) is 24.3. The fourth-order valence-electron chi connectivity index (χ4n) is 2.19. The van der Waals surface area contributed by atoms with E-state index in [1.54, 1.807) is 0 Å². The van der Waals surface area contributed by atoms with E-state index in [-0.39, 0.29) is 0 Å². The molecule has 0 saturated carbocycles. The Morgan fingerprint density at radius 1 is 1.67 bits per heavy atom. The van der Waals surface area contributed by atoms with Crippen LogP contribution in [0.1, 0.15) is 18.9 Å². The molecule has 15 heavy (non-hydrogen) atoms. The molecule has 0 aromatic carbocycles. The van der Waals surface area contributed by atoms with Crippen molar-refractivity contribution in [2.75, 3.05) is 13.1 Å². The highest BCUT2D eigenvalue weighted by atomic mass is 15.1. The van der Waals surface area contributed by atoms with Crippen molar-refractivity contribution < 1.29 is 0 Å². The Balaban J connectivity index is 1.88. The molecular formula is C12H19N3. The lowest BCUT2D eigenvalue weighted by Crippen LogP contribution is -2.29. The first-order valence-corrected chi connectivity index (χ1v) is 5.62. The molecule has 0 bridgehead atoms. The van der Waals surface area contributed by atoms with Crippen LogP contribution in [0.2, 0.25) is 0 Å². The highest BCUT2D eigenvalue weighted by Crippen LogP contribution is 2.20. The second-order valence-electron chi connectivity index (χ2n) is 4.50. The molecule has 82 valence electrons. The highest BCUT2D eigenvalue weighted by molar-refractivity contribution is 5.08. The fourth-order valence-corrected chi connectivity index (χ4v) is 2.19. The van der Waals surface area contributed by atoms with Crippen molar-refractivity contribution in [2.24, 2.45) is 11.7 Å². The molecule has 1 aromatic rings. The maximum atomic E-state index is 5.91. The number of hydrogen-bond donors (Lipinski definition) is 1. The molecule has 2 atom stereocenters. The van der Waals surface area contributed by atoms with E-state index in [4.69, 9.17) is 5.73 Å². The second-order valence-corrected chi connectivity index (χ2v) is 4.50. The van der Waals surface area contributed by atoms with Crippen molar-refractivity contribution in [3.63, 3.8) is 0 Å². The molecule has 1 aliphatic rings. The summed E-state index contributed by atoms with van der Waals surface area (Å²) in [7, 11) is 0. The molecule has 0 radical (unpaired) electrons. The maximum absolute atomic E-state index is 5.91. The third-order valence-electron chi connectivity index (χ3n) is 3.18. The van der Waals surface area contributed by atoms with Gasteiger partial charge in [-0.1, -0.05) is 6.07 Å². The third kappa shape index (κ3) is 2.76. The SMILES string of the molecule is CC(N)C1CCN(Cc2cccnc2)C1. The van der Waals surface area contributed by atoms with Crippen LogP contribution in [0.25, 0.3) is 0 Å². The zero-order valence-corrected chi connectivity index (χ0v) is 9.26. The van der Waals surface area contributed by atoms with Gasteiger partial charge < -0.3 is 5.73 Å². The molecule has 2 rings (SSSR count). The molecule has 1 aromatic heterocycles. The molecule has 0 spiro atoms. The number of likely N-dealkylation sites (tertiary alicyclic amines) is 1. The molecule has 1 aliphatic heterocycles. The Labute approximate surface area is 91.3 Å². The van der Waals surface area contributed by atoms with Gasteiger partial charge >= 0.3 is 0 Å². The van der Waals surface area contributed by atoms with Gasteiger partial charge in [-0.05, 0) is 37.4 Å². The lowest BCUT2D eigenvalue weighted by atomic mass is 10.0. The van der Waals surface area contributed by atoms with Crippen molar-refractivity contribution >= 4 is 0 Å². The maximum Gasteiger partial charge on any atom is 0.0312 e. The predicted molar refractivity (Wildman–Crippen MR) is 61.3 cm³/mol. The average Bonchev–Trinajstić information content (AvgIpc) is 2.68. The van der Waals surface area contributed by atoms with Crippen LogP contribution in [0.3, 0.4) is 0 Å². The molecular weight excluding hydrogens is 186 g/mol. The number of rotatable bonds is 3. The summed E-state index contributed by atoms with van der Waals surface area (Å²) in [6.07, 6.45) is 5.00. The van der Waals surface area contributed by atoms with Crippen LogP contribution >= 0.6 is 0 Å². The monoisotopic (exact) mass is 205 g/mol. The molecule has 3 nitrogen and oxygen atoms in total. The summed E-state index contributed by atoms with van der Waals surface area (Å²) < 4.78 is 0. The lowest BCUT2D eigenvalue weighted by Gasteiger charge is -2.17. The van der Waals surface area contributed by atoms with Crippen LogP contribution in [0.4, 0.5) is 0 Å². The lowest BCUT2D eigenvalue weighted by molar-refractivity contribution is 0.308. The molecule has 1 fully saturated rings. The van der Waals surface area contributed by atoms with Gasteiger partial charge in [-0.15, -0.1) is 0 Å². The van der Waals surface area contributed by atoms with E-state index < -0.39 is 0 Å². The van der Waals surface area contributed by atoms with Gasteiger partial charge in [0.2, 0.25) is 0 Å². The van der Waals surface area contributed by atoms with E-state index in [2.05, 4.69) is 22.9 Å². The van der Waals surface area contributed by atoms with E-state index >= 15 is 0 Å². The summed E-state index contributed by atoms with van der Waals surface area (Å²) in [4.78, 5) is 6.59. The summed E-state index contributed by atoms with van der Waals surface area (Å²) in [6.45, 7) is 5.42. The van der Waals surface area contributed by atoms with E-state index in [0.29, 0.717) is 12.0 Å². The van der Waals surface area contributed by atoms with Gasteiger partial charge in [0.05, 0.1) is 0 Å². The van der Waals surface area contributed by atoms with Gasteiger partial charge in [0.25, 0.3) is 0 Å². The van der Waals surface area contributed by atoms with Gasteiger partial charge in [0.1, 0.15) is 0 Å². The van der Waals surface area contributed by atoms with E-state index in [1.165, 1.54) is 18.5 Å². The van der Waals surface area contributed by atoms with E-state index in [0.717, 1.165) is 13.1 Å². The number of nitrogens with zero attached hydrogens (tertiary/aromatic N) is 2. The highest BCUT2D eigenvalue weighted by Gasteiger charge is 2.24. The van der Waals surface area contributed by atoms with E-state index in [9.17, 15) is 0 Å². The Hall–Kier alpha value is -0.930. The molecule has 2 N–H and O–H groups in total. The number of aromatic nitrogens is 1. The Bertz CT molecular complexity index is 297. The van der Waals surface area contributed by atoms with Crippen LogP contribution in [0.15, 0.2) is 24.5 Å². The molecule has 3 heteroatoms. The zero-order valence-electron chi connectivity index (χ0n) is 9.26. The number of pyridine rings is 1. The summed E-state index contributed by atoms with van der Waals surface area (Å²) in [5, 5.41) is 0. The van der Waals surface area contributed by atoms with Crippen LogP contribution in [-0.4, -0.2) is 29.0 Å². The molecule has 2 heterocycles. The topological polar surface area (TPSA) is 42.1 Å². The van der Waals surface area contributed by atoms with Crippen molar-refractivity contribution in [3.05, 3.63) is 30.1 Å². The van der Waals surface area contributed by atoms with Crippen LogP contribution < -0.4 is 5.73 Å². The molecule has 1 saturated heterocycles. The first-order valence-electron chi connectivity index (χ1n) is 5.62. The minimum atomic E-state index is 0.323. The molecule has 0 amide bonds. The van der Waals surface area contributed by atoms with Crippen LogP contribution in [-0.2, 0) is 6.54 Å². The molecule has 0 aliphatic carbocycles. The first kappa shape index (κ1) is 10.6. The van der Waals surface area contributed by atoms with Gasteiger partial charge in [0, 0.05) is 31.5 Å². The average molecular weight is 205 g/mol. The molecule has 2 unspecified atom stereocenters. The minimum Gasteiger partial charge on any atom is -0.328 e. The summed E-state index contributed by atoms with van der Waals surface area (Å²) in [5.74, 6) is 0.668. The summed E-state index contributed by atoms with van der Waals surface area (Å²) >= 11 is 0. The quantitative estimate of drug-likeness (QED) is 0.807. The summed E-state index contributed by atoms with van der Waals surface area (Å²) in [6, 6.07) is 4.45. The second kappa shape index (κ2) is 4.73. The van der Waals surface area contributed by atoms with Gasteiger partial charge in [-0.2, -0.15) is 0 Å². The van der Waals surface area contributed by atoms with Crippen LogP contribution in [0, 0.1) is 5.92 Å². The fraction of sp³-hybridized carbons (Fsp3) is 0.583. The van der Waals surface area contributed by atoms with E-state index in [1.807, 2.05) is 18.5 Å². The van der Waals surface area contributed by atoms with Crippen molar-refractivity contribution in [3.8, 4) is 0 Å². The Morgan fingerprint density at radius 2 is 2.53 bits per heavy atom. The van der Waals surface area contributed by atoms with Crippen LogP contribution in [0.5, 0.6) is 0 Å². The number of nitrogens with two attached hydrogens (primary N) is 1.